The van der Waals surface area contributed by atoms with Crippen molar-refractivity contribution in [3.63, 3.8) is 0 Å². The summed E-state index contributed by atoms with van der Waals surface area (Å²) in [6, 6.07) is 18.1. The number of hydrogen-bond donors (Lipinski definition) is 2. The molecular weight excluding hydrogens is 518 g/mol. The van der Waals surface area contributed by atoms with Crippen molar-refractivity contribution < 1.29 is 17.9 Å². The summed E-state index contributed by atoms with van der Waals surface area (Å²) in [5.74, 6) is 0.234. The van der Waals surface area contributed by atoms with Crippen LogP contribution in [0.25, 0.3) is 16.7 Å². The number of H-pyrrole nitrogens is 1. The first-order valence-corrected chi connectivity index (χ1v) is 14.2. The molecule has 2 aromatic heterocycles. The van der Waals surface area contributed by atoms with Gasteiger partial charge in [0.1, 0.15) is 17.1 Å². The molecule has 0 spiro atoms. The smallest absolute Gasteiger partial charge is 0.272 e. The fourth-order valence-corrected chi connectivity index (χ4v) is 6.02. The van der Waals surface area contributed by atoms with E-state index in [2.05, 4.69) is 15.2 Å². The van der Waals surface area contributed by atoms with Gasteiger partial charge in [-0.1, -0.05) is 6.07 Å². The highest BCUT2D eigenvalue weighted by molar-refractivity contribution is 7.89. The molecule has 39 heavy (non-hydrogen) atoms. The number of aromatic amines is 1. The van der Waals surface area contributed by atoms with Crippen molar-refractivity contribution in [2.75, 3.05) is 38.5 Å². The molecule has 1 aliphatic rings. The van der Waals surface area contributed by atoms with E-state index in [1.54, 1.807) is 48.5 Å². The number of nitrogens with zero attached hydrogens (tertiary/aromatic N) is 3. The number of amides is 1. The second-order valence-corrected chi connectivity index (χ2v) is 11.8. The van der Waals surface area contributed by atoms with E-state index in [1.165, 1.54) is 27.1 Å². The van der Waals surface area contributed by atoms with Crippen LogP contribution in [0.3, 0.4) is 0 Å². The average molecular weight is 550 g/mol. The van der Waals surface area contributed by atoms with Gasteiger partial charge >= 0.3 is 0 Å². The number of anilines is 1. The van der Waals surface area contributed by atoms with Crippen molar-refractivity contribution in [3.05, 3.63) is 82.8 Å². The number of ether oxygens (including phenoxy) is 1. The lowest BCUT2D eigenvalue weighted by Gasteiger charge is -2.31. The third kappa shape index (κ3) is 5.60. The number of benzene rings is 2. The molecule has 1 saturated heterocycles. The molecule has 2 N–H and O–H groups in total. The highest BCUT2D eigenvalue weighted by Crippen LogP contribution is 2.23. The van der Waals surface area contributed by atoms with Crippen LogP contribution in [0.4, 0.5) is 5.69 Å². The highest BCUT2D eigenvalue weighted by Gasteiger charge is 2.27. The predicted octanol–water partition coefficient (Wildman–Crippen LogP) is 3.29. The first-order valence-electron chi connectivity index (χ1n) is 12.7. The lowest BCUT2D eigenvalue weighted by molar-refractivity contribution is 0.102. The van der Waals surface area contributed by atoms with Gasteiger partial charge in [0.25, 0.3) is 11.5 Å². The van der Waals surface area contributed by atoms with Gasteiger partial charge in [0, 0.05) is 43.3 Å². The molecule has 1 amide bonds. The summed E-state index contributed by atoms with van der Waals surface area (Å²) in [6.07, 6.45) is 0.0269. The van der Waals surface area contributed by atoms with E-state index in [4.69, 9.17) is 4.74 Å². The molecule has 0 radical (unpaired) electrons. The number of pyridine rings is 1. The van der Waals surface area contributed by atoms with E-state index in [0.29, 0.717) is 54.3 Å². The van der Waals surface area contributed by atoms with Gasteiger partial charge in [0.05, 0.1) is 16.7 Å². The molecule has 0 aliphatic carbocycles. The van der Waals surface area contributed by atoms with Gasteiger partial charge in [-0.3, -0.25) is 14.2 Å². The number of nitrogens with one attached hydrogen (secondary N) is 2. The molecule has 0 bridgehead atoms. The summed E-state index contributed by atoms with van der Waals surface area (Å²) in [6.45, 7) is 6.04. The van der Waals surface area contributed by atoms with Crippen molar-refractivity contribution in [2.24, 2.45) is 0 Å². The number of carbonyl (C=O) groups excluding carboxylic acids is 1. The third-order valence-corrected chi connectivity index (χ3v) is 8.47. The van der Waals surface area contributed by atoms with E-state index in [9.17, 15) is 18.0 Å². The zero-order valence-corrected chi connectivity index (χ0v) is 22.9. The van der Waals surface area contributed by atoms with Crippen molar-refractivity contribution in [3.8, 4) is 11.4 Å². The minimum atomic E-state index is -3.68. The van der Waals surface area contributed by atoms with E-state index < -0.39 is 15.9 Å². The van der Waals surface area contributed by atoms with Crippen molar-refractivity contribution in [1.29, 1.82) is 0 Å². The number of rotatable bonds is 7. The maximum Gasteiger partial charge on any atom is 0.272 e. The zero-order chi connectivity index (χ0) is 27.7. The quantitative estimate of drug-likeness (QED) is 0.366. The first-order chi connectivity index (χ1) is 18.6. The molecule has 11 heteroatoms. The number of fused-ring (bicyclic) bond motifs is 1. The Balaban J connectivity index is 1.40. The Bertz CT molecular complexity index is 1670. The monoisotopic (exact) mass is 549 g/mol. The van der Waals surface area contributed by atoms with Crippen LogP contribution in [-0.4, -0.2) is 72.4 Å². The third-order valence-electron chi connectivity index (χ3n) is 6.58. The van der Waals surface area contributed by atoms with E-state index in [0.717, 1.165) is 0 Å². The molecule has 2 aromatic carbocycles. The van der Waals surface area contributed by atoms with Gasteiger partial charge in [-0.25, -0.2) is 8.42 Å². The molecule has 204 valence electrons. The van der Waals surface area contributed by atoms with Crippen LogP contribution >= 0.6 is 0 Å². The van der Waals surface area contributed by atoms with Crippen LogP contribution in [0.2, 0.25) is 0 Å². The lowest BCUT2D eigenvalue weighted by Crippen LogP contribution is -2.47. The molecule has 3 heterocycles. The van der Waals surface area contributed by atoms with Crippen LogP contribution < -0.4 is 15.6 Å². The maximum atomic E-state index is 13.2. The largest absolute Gasteiger partial charge is 0.491 e. The lowest BCUT2D eigenvalue weighted by atomic mass is 10.2. The molecule has 1 aliphatic heterocycles. The number of aromatic nitrogens is 2. The summed E-state index contributed by atoms with van der Waals surface area (Å²) >= 11 is 0. The number of carbonyl (C=O) groups is 1. The van der Waals surface area contributed by atoms with Crippen LogP contribution in [0.15, 0.2) is 76.4 Å². The molecular formula is C28H31N5O5S. The molecule has 4 aromatic rings. The SMILES string of the molecule is CC(C)Oc1ccc(-n2c(=O)ccc3cc(C(=O)Nc4cccc(S(=O)(=O)N5CCN(C)CC5)c4)[nH]c32)cc1. The second-order valence-electron chi connectivity index (χ2n) is 9.84. The normalized spacial score (nSPS) is 15.1. The number of likely N-dealkylation sites (N-methyl/N-ethyl adjacent to an activating group) is 1. The Hall–Kier alpha value is -3.93. The van der Waals surface area contributed by atoms with Crippen LogP contribution in [0, 0.1) is 0 Å². The molecule has 1 fully saturated rings. The van der Waals surface area contributed by atoms with Crippen LogP contribution in [-0.2, 0) is 10.0 Å². The van der Waals surface area contributed by atoms with Crippen molar-refractivity contribution in [1.82, 2.24) is 18.8 Å². The number of hydrogen-bond acceptors (Lipinski definition) is 6. The van der Waals surface area contributed by atoms with Gasteiger partial charge in [0.15, 0.2) is 0 Å². The Kier molecular flexibility index (Phi) is 7.30. The predicted molar refractivity (Wildman–Crippen MR) is 150 cm³/mol. The molecule has 5 rings (SSSR count). The summed E-state index contributed by atoms with van der Waals surface area (Å²) in [5, 5.41) is 3.45. The van der Waals surface area contributed by atoms with Crippen LogP contribution in [0.5, 0.6) is 5.75 Å². The standard InChI is InChI=1S/C28H31N5O5S/c1-19(2)38-23-10-8-22(9-11-23)33-26(34)12-7-20-17-25(30-27(20)33)28(35)29-21-5-4-6-24(18-21)39(36,37)32-15-13-31(3)14-16-32/h4-12,17-19,30H,13-16H2,1-3H3,(H,29,35). The van der Waals surface area contributed by atoms with Crippen molar-refractivity contribution >= 4 is 32.7 Å². The second kappa shape index (κ2) is 10.7. The average Bonchev–Trinajstić information content (AvgIpc) is 3.34. The maximum absolute atomic E-state index is 13.2. The van der Waals surface area contributed by atoms with Crippen molar-refractivity contribution in [2.45, 2.75) is 24.8 Å². The molecule has 0 atom stereocenters. The summed E-state index contributed by atoms with van der Waals surface area (Å²) in [7, 11) is -1.72. The summed E-state index contributed by atoms with van der Waals surface area (Å²) < 4.78 is 34.9. The number of piperazine rings is 1. The van der Waals surface area contributed by atoms with Gasteiger partial charge in [-0.15, -0.1) is 0 Å². The van der Waals surface area contributed by atoms with Gasteiger partial charge in [-0.2, -0.15) is 4.31 Å². The molecule has 0 unspecified atom stereocenters. The Morgan fingerprint density at radius 1 is 0.974 bits per heavy atom. The zero-order valence-electron chi connectivity index (χ0n) is 22.0. The van der Waals surface area contributed by atoms with Gasteiger partial charge in [-0.05, 0) is 75.5 Å². The van der Waals surface area contributed by atoms with Gasteiger partial charge < -0.3 is 19.9 Å². The Morgan fingerprint density at radius 3 is 2.38 bits per heavy atom. The molecule has 10 nitrogen and oxygen atoms in total. The van der Waals surface area contributed by atoms with Crippen LogP contribution in [0.1, 0.15) is 24.3 Å². The topological polar surface area (TPSA) is 117 Å². The fourth-order valence-electron chi connectivity index (χ4n) is 4.55. The Labute approximate surface area is 226 Å². The summed E-state index contributed by atoms with van der Waals surface area (Å²) in [5.41, 5.74) is 1.42. The highest BCUT2D eigenvalue weighted by atomic mass is 32.2. The fraction of sp³-hybridized carbons (Fsp3) is 0.286. The van der Waals surface area contributed by atoms with E-state index >= 15 is 0 Å². The Morgan fingerprint density at radius 2 is 1.69 bits per heavy atom. The van der Waals surface area contributed by atoms with Gasteiger partial charge in [0.2, 0.25) is 10.0 Å². The van der Waals surface area contributed by atoms with E-state index in [-0.39, 0.29) is 22.3 Å². The minimum Gasteiger partial charge on any atom is -0.491 e. The van der Waals surface area contributed by atoms with E-state index in [1.807, 2.05) is 20.9 Å². The minimum absolute atomic E-state index is 0.0269. The number of sulfonamides is 1. The molecule has 0 saturated carbocycles. The summed E-state index contributed by atoms with van der Waals surface area (Å²) in [4.78, 5) is 31.2. The first kappa shape index (κ1) is 26.7.